The number of hydrogen-bond acceptors (Lipinski definition) is 7. The number of aliphatic hydroxyl groups excluding tert-OH is 1. The van der Waals surface area contributed by atoms with Crippen molar-refractivity contribution < 1.29 is 33.6 Å². The quantitative estimate of drug-likeness (QED) is 0.677. The summed E-state index contributed by atoms with van der Waals surface area (Å²) in [6.07, 6.45) is -2.15. The molecule has 0 saturated carbocycles. The fourth-order valence-electron chi connectivity index (χ4n) is 2.77. The SMILES string of the molecule is COC(=O)[C@H]([C@H](O)c1ccc(OC)c(OC)c1)N(C)C(=O)OCc1ccccc1. The van der Waals surface area contributed by atoms with Gasteiger partial charge in [-0.3, -0.25) is 4.90 Å². The maximum atomic E-state index is 12.5. The molecule has 8 nitrogen and oxygen atoms in total. The Labute approximate surface area is 169 Å². The number of ether oxygens (including phenoxy) is 4. The summed E-state index contributed by atoms with van der Waals surface area (Å²) in [4.78, 5) is 25.8. The van der Waals surface area contributed by atoms with Crippen molar-refractivity contribution in [3.63, 3.8) is 0 Å². The van der Waals surface area contributed by atoms with Crippen molar-refractivity contribution in [2.45, 2.75) is 18.8 Å². The van der Waals surface area contributed by atoms with Crippen LogP contribution in [0.5, 0.6) is 11.5 Å². The third kappa shape index (κ3) is 5.39. The summed E-state index contributed by atoms with van der Waals surface area (Å²) >= 11 is 0. The number of amides is 1. The molecule has 1 N–H and O–H groups in total. The Kier molecular flexibility index (Phi) is 7.85. The molecule has 0 heterocycles. The Hall–Kier alpha value is -3.26. The lowest BCUT2D eigenvalue weighted by Gasteiger charge is -2.29. The summed E-state index contributed by atoms with van der Waals surface area (Å²) in [6.45, 7) is 0.0321. The Morgan fingerprint density at radius 1 is 1.00 bits per heavy atom. The molecular weight excluding hydrogens is 378 g/mol. The van der Waals surface area contributed by atoms with Crippen molar-refractivity contribution in [2.75, 3.05) is 28.4 Å². The first-order valence-electron chi connectivity index (χ1n) is 8.84. The van der Waals surface area contributed by atoms with E-state index in [4.69, 9.17) is 18.9 Å². The van der Waals surface area contributed by atoms with Gasteiger partial charge < -0.3 is 24.1 Å². The normalized spacial score (nSPS) is 12.4. The van der Waals surface area contributed by atoms with E-state index in [2.05, 4.69) is 0 Å². The predicted octanol–water partition coefficient (Wildman–Crippen LogP) is 2.55. The molecular formula is C21H25NO7. The van der Waals surface area contributed by atoms with E-state index in [1.54, 1.807) is 12.1 Å². The second-order valence-electron chi connectivity index (χ2n) is 6.18. The number of benzene rings is 2. The molecule has 0 aliphatic rings. The number of carbonyl (C=O) groups is 2. The van der Waals surface area contributed by atoms with Crippen molar-refractivity contribution in [1.82, 2.24) is 4.90 Å². The third-order valence-corrected chi connectivity index (χ3v) is 4.40. The summed E-state index contributed by atoms with van der Waals surface area (Å²) in [6, 6.07) is 12.5. The number of aliphatic hydroxyl groups is 1. The minimum atomic E-state index is -1.38. The van der Waals surface area contributed by atoms with Gasteiger partial charge in [0, 0.05) is 7.05 Å². The van der Waals surface area contributed by atoms with E-state index in [0.717, 1.165) is 10.5 Å². The smallest absolute Gasteiger partial charge is 0.410 e. The van der Waals surface area contributed by atoms with Gasteiger partial charge in [-0.1, -0.05) is 36.4 Å². The number of methoxy groups -OCH3 is 3. The lowest BCUT2D eigenvalue weighted by molar-refractivity contribution is -0.150. The molecule has 156 valence electrons. The van der Waals surface area contributed by atoms with Gasteiger partial charge in [0.15, 0.2) is 17.5 Å². The zero-order valence-corrected chi connectivity index (χ0v) is 16.8. The van der Waals surface area contributed by atoms with Crippen LogP contribution in [0.4, 0.5) is 4.79 Å². The van der Waals surface area contributed by atoms with E-state index in [0.29, 0.717) is 17.1 Å². The van der Waals surface area contributed by atoms with Crippen molar-refractivity contribution in [1.29, 1.82) is 0 Å². The van der Waals surface area contributed by atoms with Crippen LogP contribution in [0.3, 0.4) is 0 Å². The minimum absolute atomic E-state index is 0.0321. The first-order valence-corrected chi connectivity index (χ1v) is 8.84. The van der Waals surface area contributed by atoms with E-state index in [-0.39, 0.29) is 6.61 Å². The van der Waals surface area contributed by atoms with E-state index in [1.807, 2.05) is 30.3 Å². The monoisotopic (exact) mass is 403 g/mol. The van der Waals surface area contributed by atoms with Crippen LogP contribution in [-0.4, -0.2) is 56.5 Å². The van der Waals surface area contributed by atoms with Crippen LogP contribution in [0.15, 0.2) is 48.5 Å². The molecule has 2 atom stereocenters. The first kappa shape index (κ1) is 22.0. The number of likely N-dealkylation sites (N-methyl/N-ethyl adjacent to an activating group) is 1. The molecule has 0 aliphatic carbocycles. The van der Waals surface area contributed by atoms with Gasteiger partial charge in [0.25, 0.3) is 0 Å². The van der Waals surface area contributed by atoms with Gasteiger partial charge in [0.1, 0.15) is 12.7 Å². The minimum Gasteiger partial charge on any atom is -0.493 e. The molecule has 1 amide bonds. The molecule has 0 fully saturated rings. The van der Waals surface area contributed by atoms with E-state index < -0.39 is 24.2 Å². The van der Waals surface area contributed by atoms with Crippen LogP contribution in [0.25, 0.3) is 0 Å². The highest BCUT2D eigenvalue weighted by Crippen LogP contribution is 2.32. The highest BCUT2D eigenvalue weighted by atomic mass is 16.6. The molecule has 0 saturated heterocycles. The zero-order valence-electron chi connectivity index (χ0n) is 16.8. The van der Waals surface area contributed by atoms with Gasteiger partial charge in [-0.25, -0.2) is 9.59 Å². The van der Waals surface area contributed by atoms with Gasteiger partial charge in [0.2, 0.25) is 0 Å². The molecule has 0 radical (unpaired) electrons. The molecule has 0 spiro atoms. The molecule has 2 aromatic carbocycles. The highest BCUT2D eigenvalue weighted by Gasteiger charge is 2.36. The number of hydrogen-bond donors (Lipinski definition) is 1. The molecule has 0 aliphatic heterocycles. The Morgan fingerprint density at radius 3 is 2.24 bits per heavy atom. The van der Waals surface area contributed by atoms with Crippen LogP contribution in [-0.2, 0) is 20.9 Å². The van der Waals surface area contributed by atoms with Crippen molar-refractivity contribution in [2.24, 2.45) is 0 Å². The van der Waals surface area contributed by atoms with Crippen LogP contribution in [0.1, 0.15) is 17.2 Å². The molecule has 0 unspecified atom stereocenters. The number of esters is 1. The van der Waals surface area contributed by atoms with Crippen LogP contribution in [0.2, 0.25) is 0 Å². The molecule has 29 heavy (non-hydrogen) atoms. The highest BCUT2D eigenvalue weighted by molar-refractivity contribution is 5.82. The van der Waals surface area contributed by atoms with Crippen molar-refractivity contribution >= 4 is 12.1 Å². The largest absolute Gasteiger partial charge is 0.493 e. The number of carbonyl (C=O) groups excluding carboxylic acids is 2. The predicted molar refractivity (Wildman–Crippen MR) is 105 cm³/mol. The standard InChI is InChI=1S/C21H25NO7/c1-22(21(25)29-13-14-8-6-5-7-9-14)18(20(24)28-4)19(23)15-10-11-16(26-2)17(12-15)27-3/h5-12,18-19,23H,13H2,1-4H3/t18-,19+/m0/s1. The number of rotatable bonds is 8. The van der Waals surface area contributed by atoms with Gasteiger partial charge >= 0.3 is 12.1 Å². The fourth-order valence-corrected chi connectivity index (χ4v) is 2.77. The lowest BCUT2D eigenvalue weighted by atomic mass is 10.0. The second-order valence-corrected chi connectivity index (χ2v) is 6.18. The van der Waals surface area contributed by atoms with Crippen LogP contribution in [0, 0.1) is 0 Å². The Balaban J connectivity index is 2.21. The zero-order chi connectivity index (χ0) is 21.4. The maximum Gasteiger partial charge on any atom is 0.410 e. The van der Waals surface area contributed by atoms with Crippen molar-refractivity contribution in [3.05, 3.63) is 59.7 Å². The lowest BCUT2D eigenvalue weighted by Crippen LogP contribution is -2.47. The number of nitrogens with zero attached hydrogens (tertiary/aromatic N) is 1. The summed E-state index contributed by atoms with van der Waals surface area (Å²) < 4.78 is 20.5. The summed E-state index contributed by atoms with van der Waals surface area (Å²) in [5, 5.41) is 10.8. The summed E-state index contributed by atoms with van der Waals surface area (Å²) in [7, 11) is 5.49. The molecule has 2 rings (SSSR count). The van der Waals surface area contributed by atoms with Gasteiger partial charge in [-0.15, -0.1) is 0 Å². The maximum absolute atomic E-state index is 12.5. The van der Waals surface area contributed by atoms with E-state index in [1.165, 1.54) is 34.4 Å². The van der Waals surface area contributed by atoms with Crippen molar-refractivity contribution in [3.8, 4) is 11.5 Å². The Bertz CT molecular complexity index is 825. The summed E-state index contributed by atoms with van der Waals surface area (Å²) in [5.41, 5.74) is 1.14. The molecule has 8 heteroatoms. The third-order valence-electron chi connectivity index (χ3n) is 4.40. The fraction of sp³-hybridized carbons (Fsp3) is 0.333. The van der Waals surface area contributed by atoms with Crippen LogP contribution < -0.4 is 9.47 Å². The average molecular weight is 403 g/mol. The molecule has 0 bridgehead atoms. The van der Waals surface area contributed by atoms with Gasteiger partial charge in [-0.2, -0.15) is 0 Å². The van der Waals surface area contributed by atoms with Crippen LogP contribution >= 0.6 is 0 Å². The Morgan fingerprint density at radius 2 is 1.66 bits per heavy atom. The van der Waals surface area contributed by atoms with E-state index >= 15 is 0 Å². The first-order chi connectivity index (χ1) is 13.9. The molecule has 0 aromatic heterocycles. The summed E-state index contributed by atoms with van der Waals surface area (Å²) in [5.74, 6) is 0.0575. The average Bonchev–Trinajstić information content (AvgIpc) is 2.77. The molecule has 2 aromatic rings. The van der Waals surface area contributed by atoms with Gasteiger partial charge in [0.05, 0.1) is 21.3 Å². The van der Waals surface area contributed by atoms with E-state index in [9.17, 15) is 14.7 Å². The second kappa shape index (κ2) is 10.3. The van der Waals surface area contributed by atoms with Gasteiger partial charge in [-0.05, 0) is 23.3 Å². The topological polar surface area (TPSA) is 94.5 Å².